The molecule has 0 radical (unpaired) electrons. The number of hydrogen-bond donors (Lipinski definition) is 4. The summed E-state index contributed by atoms with van der Waals surface area (Å²) in [4.78, 5) is 46.7. The van der Waals surface area contributed by atoms with Crippen LogP contribution in [0.4, 0.5) is 0 Å². The number of amides is 2. The summed E-state index contributed by atoms with van der Waals surface area (Å²) in [5, 5.41) is 20.2. The van der Waals surface area contributed by atoms with Gasteiger partial charge in [0.25, 0.3) is 5.91 Å². The highest BCUT2D eigenvalue weighted by atomic mass is 16.5. The van der Waals surface area contributed by atoms with Crippen molar-refractivity contribution in [1.29, 1.82) is 0 Å². The molecule has 176 valence electrons. The van der Waals surface area contributed by atoms with Crippen molar-refractivity contribution in [1.82, 2.24) is 10.8 Å². The lowest BCUT2D eigenvalue weighted by molar-refractivity contribution is -0.148. The van der Waals surface area contributed by atoms with Crippen molar-refractivity contribution in [2.75, 3.05) is 6.61 Å². The molecule has 10 nitrogen and oxygen atoms in total. The number of carbonyl (C=O) groups is 4. The molecule has 2 amide bonds. The minimum Gasteiger partial charge on any atom is -0.481 e. The van der Waals surface area contributed by atoms with Crippen LogP contribution in [0.25, 0.3) is 0 Å². The molecule has 4 N–H and O–H groups in total. The van der Waals surface area contributed by atoms with Crippen molar-refractivity contribution in [2.45, 2.75) is 32.2 Å². The number of esters is 1. The van der Waals surface area contributed by atoms with Crippen LogP contribution in [0.1, 0.15) is 36.5 Å². The van der Waals surface area contributed by atoms with Crippen LogP contribution >= 0.6 is 0 Å². The van der Waals surface area contributed by atoms with Crippen molar-refractivity contribution in [3.05, 3.63) is 60.2 Å². The van der Waals surface area contributed by atoms with Crippen LogP contribution in [-0.2, 0) is 19.1 Å². The van der Waals surface area contributed by atoms with E-state index in [1.165, 1.54) is 6.92 Å². The van der Waals surface area contributed by atoms with Crippen LogP contribution in [0.2, 0.25) is 0 Å². The fourth-order valence-electron chi connectivity index (χ4n) is 2.86. The lowest BCUT2D eigenvalue weighted by Crippen LogP contribution is -2.42. The maximum absolute atomic E-state index is 12.7. The number of hydrogen-bond acceptors (Lipinski definition) is 7. The highest BCUT2D eigenvalue weighted by molar-refractivity contribution is 5.94. The average molecular weight is 458 g/mol. The first-order valence-corrected chi connectivity index (χ1v) is 10.2. The van der Waals surface area contributed by atoms with Gasteiger partial charge < -0.3 is 19.9 Å². The average Bonchev–Trinajstić information content (AvgIpc) is 2.81. The minimum atomic E-state index is -1.13. The van der Waals surface area contributed by atoms with Gasteiger partial charge in [0.05, 0.1) is 18.9 Å². The number of ether oxygens (including phenoxy) is 2. The highest BCUT2D eigenvalue weighted by Gasteiger charge is 2.22. The van der Waals surface area contributed by atoms with Gasteiger partial charge in [0.1, 0.15) is 18.1 Å². The number of nitrogens with one attached hydrogen (secondary N) is 2. The monoisotopic (exact) mass is 458 g/mol. The lowest BCUT2D eigenvalue weighted by Gasteiger charge is -2.21. The minimum absolute atomic E-state index is 0.0690. The summed E-state index contributed by atoms with van der Waals surface area (Å²) in [5.41, 5.74) is 1.86. The molecular weight excluding hydrogens is 432 g/mol. The summed E-state index contributed by atoms with van der Waals surface area (Å²) in [5.74, 6) is -2.51. The first-order chi connectivity index (χ1) is 15.8. The third-order valence-electron chi connectivity index (χ3n) is 4.61. The van der Waals surface area contributed by atoms with Crippen LogP contribution in [0, 0.1) is 5.92 Å². The molecule has 0 fully saturated rings. The smallest absolute Gasteiger partial charge is 0.306 e. The van der Waals surface area contributed by atoms with Crippen molar-refractivity contribution >= 4 is 23.8 Å². The Balaban J connectivity index is 2.00. The molecule has 0 aliphatic heterocycles. The zero-order chi connectivity index (χ0) is 24.2. The predicted octanol–water partition coefficient (Wildman–Crippen LogP) is 2.52. The summed E-state index contributed by atoms with van der Waals surface area (Å²) < 4.78 is 10.8. The van der Waals surface area contributed by atoms with Crippen LogP contribution in [0.5, 0.6) is 11.5 Å². The molecule has 33 heavy (non-hydrogen) atoms. The number of carboxylic acid groups (broad SMARTS) is 1. The van der Waals surface area contributed by atoms with Gasteiger partial charge in [-0.2, -0.15) is 0 Å². The molecule has 0 unspecified atom stereocenters. The maximum Gasteiger partial charge on any atom is 0.306 e. The summed E-state index contributed by atoms with van der Waals surface area (Å²) >= 11 is 0. The van der Waals surface area contributed by atoms with Crippen LogP contribution in [0.3, 0.4) is 0 Å². The van der Waals surface area contributed by atoms with E-state index in [-0.39, 0.29) is 25.9 Å². The molecular formula is C23H26N2O8. The zero-order valence-electron chi connectivity index (χ0n) is 18.0. The van der Waals surface area contributed by atoms with Gasteiger partial charge in [-0.1, -0.05) is 25.1 Å². The number of carbonyl (C=O) groups excluding carboxylic acids is 3. The molecule has 0 spiro atoms. The third kappa shape index (κ3) is 8.99. The Morgan fingerprint density at radius 3 is 2.18 bits per heavy atom. The van der Waals surface area contributed by atoms with Gasteiger partial charge in [0.15, 0.2) is 0 Å². The van der Waals surface area contributed by atoms with E-state index in [1.807, 2.05) is 18.2 Å². The predicted molar refractivity (Wildman–Crippen MR) is 116 cm³/mol. The largest absolute Gasteiger partial charge is 0.481 e. The van der Waals surface area contributed by atoms with E-state index in [2.05, 4.69) is 5.32 Å². The third-order valence-corrected chi connectivity index (χ3v) is 4.61. The van der Waals surface area contributed by atoms with Gasteiger partial charge >= 0.3 is 11.9 Å². The number of carboxylic acids is 1. The van der Waals surface area contributed by atoms with Crippen LogP contribution in [-0.4, -0.2) is 46.7 Å². The summed E-state index contributed by atoms with van der Waals surface area (Å²) in [6, 6.07) is 14.8. The van der Waals surface area contributed by atoms with Crippen molar-refractivity contribution in [3.8, 4) is 11.5 Å². The van der Waals surface area contributed by atoms with Gasteiger partial charge in [0, 0.05) is 11.5 Å². The van der Waals surface area contributed by atoms with Gasteiger partial charge in [-0.25, -0.2) is 5.48 Å². The molecule has 2 aromatic rings. The standard InChI is InChI=1S/C23H26N2O8/c1-15(22(29)25-31)13-17(14-32-21(28)12-11-20(26)27)24-23(30)16-7-9-19(10-8-16)33-18-5-3-2-4-6-18/h2-10,15,17,31H,11-14H2,1H3,(H,24,30)(H,25,29)(H,26,27)/t15-,17-/m1/s1. The quantitative estimate of drug-likeness (QED) is 0.215. The molecule has 10 heteroatoms. The normalized spacial score (nSPS) is 12.2. The van der Waals surface area contributed by atoms with Crippen molar-refractivity contribution in [2.24, 2.45) is 5.92 Å². The SMILES string of the molecule is C[C@H](C[C@H](COC(=O)CCC(=O)O)NC(=O)c1ccc(Oc2ccccc2)cc1)C(=O)NO. The molecule has 0 heterocycles. The second kappa shape index (κ2) is 12.8. The fraction of sp³-hybridized carbons (Fsp3) is 0.304. The number of rotatable bonds is 12. The summed E-state index contributed by atoms with van der Waals surface area (Å²) in [6.07, 6.45) is -0.623. The molecule has 2 rings (SSSR count). The zero-order valence-corrected chi connectivity index (χ0v) is 18.0. The topological polar surface area (TPSA) is 151 Å². The van der Waals surface area contributed by atoms with Crippen molar-refractivity contribution < 1.29 is 39.0 Å². The first-order valence-electron chi connectivity index (χ1n) is 10.2. The maximum atomic E-state index is 12.7. The van der Waals surface area contributed by atoms with E-state index in [0.29, 0.717) is 17.1 Å². The molecule has 0 saturated heterocycles. The number of benzene rings is 2. The first kappa shape index (κ1) is 25.3. The number of aliphatic carboxylic acids is 1. The molecule has 0 aromatic heterocycles. The van der Waals surface area contributed by atoms with E-state index >= 15 is 0 Å². The summed E-state index contributed by atoms with van der Waals surface area (Å²) in [6.45, 7) is 1.27. The van der Waals surface area contributed by atoms with Gasteiger partial charge in [-0.05, 0) is 42.8 Å². The summed E-state index contributed by atoms with van der Waals surface area (Å²) in [7, 11) is 0. The van der Waals surface area contributed by atoms with Crippen LogP contribution in [0.15, 0.2) is 54.6 Å². The fourth-order valence-corrected chi connectivity index (χ4v) is 2.86. The van der Waals surface area contributed by atoms with Gasteiger partial charge in [0.2, 0.25) is 5.91 Å². The van der Waals surface area contributed by atoms with E-state index in [0.717, 1.165) is 0 Å². The molecule has 2 aromatic carbocycles. The second-order valence-corrected chi connectivity index (χ2v) is 7.30. The number of hydroxylamine groups is 1. The Hall–Kier alpha value is -3.92. The molecule has 2 atom stereocenters. The van der Waals surface area contributed by atoms with Gasteiger partial charge in [-0.3, -0.25) is 24.4 Å². The molecule has 0 saturated carbocycles. The highest BCUT2D eigenvalue weighted by Crippen LogP contribution is 2.21. The van der Waals surface area contributed by atoms with E-state index in [1.54, 1.807) is 41.9 Å². The Labute approximate surface area is 190 Å². The van der Waals surface area contributed by atoms with E-state index in [4.69, 9.17) is 19.8 Å². The van der Waals surface area contributed by atoms with E-state index < -0.39 is 35.7 Å². The Morgan fingerprint density at radius 2 is 1.58 bits per heavy atom. The molecule has 0 aliphatic rings. The Kier molecular flexibility index (Phi) is 9.84. The van der Waals surface area contributed by atoms with Crippen LogP contribution < -0.4 is 15.5 Å². The molecule has 0 bridgehead atoms. The Bertz CT molecular complexity index is 947. The second-order valence-electron chi connectivity index (χ2n) is 7.30. The van der Waals surface area contributed by atoms with E-state index in [9.17, 15) is 19.2 Å². The molecule has 0 aliphatic carbocycles. The van der Waals surface area contributed by atoms with Gasteiger partial charge in [-0.15, -0.1) is 0 Å². The Morgan fingerprint density at radius 1 is 0.939 bits per heavy atom. The van der Waals surface area contributed by atoms with Crippen molar-refractivity contribution in [3.63, 3.8) is 0 Å². The lowest BCUT2D eigenvalue weighted by atomic mass is 10.0. The number of para-hydroxylation sites is 1.